The highest BCUT2D eigenvalue weighted by Gasteiger charge is 2.30. The first-order valence-electron chi connectivity index (χ1n) is 8.75. The number of nitrogens with two attached hydrogens (primary N) is 1. The summed E-state index contributed by atoms with van der Waals surface area (Å²) >= 11 is 0. The highest BCUT2D eigenvalue weighted by molar-refractivity contribution is 5.81. The fourth-order valence-electron chi connectivity index (χ4n) is 2.34. The Hall–Kier alpha value is -2.61. The number of amides is 1. The van der Waals surface area contributed by atoms with Gasteiger partial charge >= 0.3 is 18.0 Å². The van der Waals surface area contributed by atoms with Gasteiger partial charge in [0.1, 0.15) is 18.2 Å². The third-order valence-electron chi connectivity index (χ3n) is 3.58. The molecule has 27 heavy (non-hydrogen) atoms. The number of carboxylic acids is 1. The van der Waals surface area contributed by atoms with Gasteiger partial charge in [-0.2, -0.15) is 0 Å². The normalized spacial score (nSPS) is 13.3. The van der Waals surface area contributed by atoms with Crippen LogP contribution in [-0.4, -0.2) is 41.3 Å². The van der Waals surface area contributed by atoms with Gasteiger partial charge in [0.05, 0.1) is 5.92 Å². The van der Waals surface area contributed by atoms with Gasteiger partial charge in [0, 0.05) is 0 Å². The van der Waals surface area contributed by atoms with E-state index in [1.54, 1.807) is 20.8 Å². The molecule has 1 amide bonds. The number of esters is 1. The molecule has 0 aliphatic rings. The number of nitrogens with one attached hydrogen (secondary N) is 1. The molecule has 0 bridgehead atoms. The molecule has 8 nitrogen and oxygen atoms in total. The molecule has 1 unspecified atom stereocenters. The van der Waals surface area contributed by atoms with Crippen LogP contribution < -0.4 is 11.1 Å². The number of hydrogen-bond acceptors (Lipinski definition) is 6. The molecule has 0 saturated heterocycles. The van der Waals surface area contributed by atoms with Gasteiger partial charge in [-0.3, -0.25) is 4.79 Å². The molecule has 0 saturated carbocycles. The van der Waals surface area contributed by atoms with Crippen molar-refractivity contribution >= 4 is 18.0 Å². The van der Waals surface area contributed by atoms with Crippen molar-refractivity contribution in [2.45, 2.75) is 51.9 Å². The molecular weight excluding hydrogens is 352 g/mol. The van der Waals surface area contributed by atoms with Crippen molar-refractivity contribution < 1.29 is 29.0 Å². The Labute approximate surface area is 159 Å². The fourth-order valence-corrected chi connectivity index (χ4v) is 2.34. The van der Waals surface area contributed by atoms with Crippen molar-refractivity contribution in [3.05, 3.63) is 35.9 Å². The average molecular weight is 380 g/mol. The molecule has 0 fully saturated rings. The molecule has 0 spiro atoms. The van der Waals surface area contributed by atoms with Gasteiger partial charge in [-0.1, -0.05) is 30.3 Å². The number of hydrogen-bond donors (Lipinski definition) is 3. The van der Waals surface area contributed by atoms with Crippen LogP contribution in [0.2, 0.25) is 0 Å². The smallest absolute Gasteiger partial charge is 0.408 e. The summed E-state index contributed by atoms with van der Waals surface area (Å²) in [5.74, 6) is -2.57. The molecule has 150 valence electrons. The first-order valence-corrected chi connectivity index (χ1v) is 8.75. The molecule has 1 rings (SSSR count). The maximum atomic E-state index is 12.4. The Bertz CT molecular complexity index is 627. The van der Waals surface area contributed by atoms with Gasteiger partial charge in [-0.05, 0) is 45.7 Å². The number of benzene rings is 1. The van der Waals surface area contributed by atoms with E-state index >= 15 is 0 Å². The molecule has 0 aliphatic heterocycles. The van der Waals surface area contributed by atoms with Crippen LogP contribution in [0.3, 0.4) is 0 Å². The lowest BCUT2D eigenvalue weighted by molar-refractivity contribution is -0.151. The monoisotopic (exact) mass is 380 g/mol. The highest BCUT2D eigenvalue weighted by atomic mass is 16.6. The molecule has 1 aromatic rings. The molecule has 8 heteroatoms. The largest absolute Gasteiger partial charge is 0.480 e. The number of carbonyl (C=O) groups excluding carboxylic acids is 2. The molecule has 0 aliphatic carbocycles. The Morgan fingerprint density at radius 2 is 1.81 bits per heavy atom. The van der Waals surface area contributed by atoms with Crippen LogP contribution in [0.5, 0.6) is 0 Å². The second-order valence-electron chi connectivity index (χ2n) is 7.14. The number of aliphatic carboxylic acids is 1. The lowest BCUT2D eigenvalue weighted by atomic mass is 9.96. The molecular formula is C19H28N2O6. The number of rotatable bonds is 9. The van der Waals surface area contributed by atoms with Crippen LogP contribution in [-0.2, 0) is 25.7 Å². The second kappa shape index (κ2) is 10.5. The quantitative estimate of drug-likeness (QED) is 0.559. The zero-order valence-electron chi connectivity index (χ0n) is 15.9. The van der Waals surface area contributed by atoms with E-state index in [0.717, 1.165) is 5.56 Å². The average Bonchev–Trinajstić information content (AvgIpc) is 2.57. The second-order valence-corrected chi connectivity index (χ2v) is 7.14. The lowest BCUT2D eigenvalue weighted by Crippen LogP contribution is -2.45. The van der Waals surface area contributed by atoms with Crippen LogP contribution in [0.15, 0.2) is 30.3 Å². The summed E-state index contributed by atoms with van der Waals surface area (Å²) in [5.41, 5.74) is 5.60. The zero-order chi connectivity index (χ0) is 20.4. The zero-order valence-corrected chi connectivity index (χ0v) is 15.9. The first kappa shape index (κ1) is 22.4. The van der Waals surface area contributed by atoms with E-state index in [1.807, 2.05) is 30.3 Å². The van der Waals surface area contributed by atoms with E-state index < -0.39 is 35.6 Å². The van der Waals surface area contributed by atoms with Crippen LogP contribution in [0.1, 0.15) is 39.2 Å². The van der Waals surface area contributed by atoms with Crippen molar-refractivity contribution in [2.75, 3.05) is 6.54 Å². The van der Waals surface area contributed by atoms with E-state index in [0.29, 0.717) is 0 Å². The standard InChI is InChI=1S/C19H28N2O6/c1-19(2,3)27-18(25)21-15(16(22)23)11-14(9-10-20)17(24)26-12-13-7-5-4-6-8-13/h4-8,14-15H,9-12,20H2,1-3H3,(H,21,25)(H,22,23)/t14?,15-/m0/s1. The van der Waals surface area contributed by atoms with Crippen molar-refractivity contribution in [2.24, 2.45) is 11.7 Å². The third kappa shape index (κ3) is 9.05. The summed E-state index contributed by atoms with van der Waals surface area (Å²) in [6.45, 7) is 5.27. The minimum atomic E-state index is -1.29. The highest BCUT2D eigenvalue weighted by Crippen LogP contribution is 2.16. The molecule has 0 radical (unpaired) electrons. The Kier molecular flexibility index (Phi) is 8.74. The lowest BCUT2D eigenvalue weighted by Gasteiger charge is -2.24. The van der Waals surface area contributed by atoms with Crippen molar-refractivity contribution in [3.63, 3.8) is 0 Å². The van der Waals surface area contributed by atoms with Crippen LogP contribution >= 0.6 is 0 Å². The van der Waals surface area contributed by atoms with Crippen LogP contribution in [0, 0.1) is 5.92 Å². The number of alkyl carbamates (subject to hydrolysis) is 1. The summed E-state index contributed by atoms with van der Waals surface area (Å²) in [6.07, 6.45) is -0.758. The summed E-state index contributed by atoms with van der Waals surface area (Å²) in [4.78, 5) is 35.7. The number of carbonyl (C=O) groups is 3. The van der Waals surface area contributed by atoms with Gasteiger partial charge in [0.15, 0.2) is 0 Å². The van der Waals surface area contributed by atoms with Crippen molar-refractivity contribution in [3.8, 4) is 0 Å². The Morgan fingerprint density at radius 3 is 2.33 bits per heavy atom. The Morgan fingerprint density at radius 1 is 1.19 bits per heavy atom. The van der Waals surface area contributed by atoms with Gasteiger partial charge < -0.3 is 25.6 Å². The fraction of sp³-hybridized carbons (Fsp3) is 0.526. The maximum Gasteiger partial charge on any atom is 0.408 e. The number of ether oxygens (including phenoxy) is 2. The molecule has 2 atom stereocenters. The third-order valence-corrected chi connectivity index (χ3v) is 3.58. The van der Waals surface area contributed by atoms with Gasteiger partial charge in [-0.25, -0.2) is 9.59 Å². The summed E-state index contributed by atoms with van der Waals surface area (Å²) in [7, 11) is 0. The maximum absolute atomic E-state index is 12.4. The van der Waals surface area contributed by atoms with E-state index in [2.05, 4.69) is 5.32 Å². The van der Waals surface area contributed by atoms with Crippen molar-refractivity contribution in [1.29, 1.82) is 0 Å². The predicted octanol–water partition coefficient (Wildman–Crippen LogP) is 2.06. The topological polar surface area (TPSA) is 128 Å². The predicted molar refractivity (Wildman–Crippen MR) is 98.8 cm³/mol. The molecule has 1 aromatic carbocycles. The molecule has 0 aromatic heterocycles. The first-order chi connectivity index (χ1) is 12.6. The van der Waals surface area contributed by atoms with E-state index in [9.17, 15) is 19.5 Å². The summed E-state index contributed by atoms with van der Waals surface area (Å²) in [5, 5.41) is 11.7. The van der Waals surface area contributed by atoms with Gasteiger partial charge in [0.2, 0.25) is 0 Å². The van der Waals surface area contributed by atoms with Gasteiger partial charge in [0.25, 0.3) is 0 Å². The van der Waals surface area contributed by atoms with E-state index in [-0.39, 0.29) is 26.0 Å². The van der Waals surface area contributed by atoms with E-state index in [4.69, 9.17) is 15.2 Å². The van der Waals surface area contributed by atoms with E-state index in [1.165, 1.54) is 0 Å². The van der Waals surface area contributed by atoms with Crippen LogP contribution in [0.25, 0.3) is 0 Å². The SMILES string of the molecule is CC(C)(C)OC(=O)N[C@@H](CC(CCN)C(=O)OCc1ccccc1)C(=O)O. The molecule has 0 heterocycles. The van der Waals surface area contributed by atoms with Crippen molar-refractivity contribution in [1.82, 2.24) is 5.32 Å². The number of carboxylic acid groups (broad SMARTS) is 1. The summed E-state index contributed by atoms with van der Waals surface area (Å²) in [6, 6.07) is 7.84. The Balaban J connectivity index is 2.70. The van der Waals surface area contributed by atoms with Gasteiger partial charge in [-0.15, -0.1) is 0 Å². The minimum absolute atomic E-state index is 0.0813. The summed E-state index contributed by atoms with van der Waals surface area (Å²) < 4.78 is 10.3. The van der Waals surface area contributed by atoms with Crippen LogP contribution in [0.4, 0.5) is 4.79 Å². The molecule has 4 N–H and O–H groups in total. The minimum Gasteiger partial charge on any atom is -0.480 e.